The second-order valence-electron chi connectivity index (χ2n) is 5.07. The standard InChI is InChI=1S/C17H17F2NO3/c1-11(16(21)15-13(18)8-5-9-14(15)19)20-17(22)23-10-12-6-3-2-4-7-12/h2-9,11,16,21H,10H2,1H3,(H,20,22). The van der Waals surface area contributed by atoms with Crippen LogP contribution in [0.5, 0.6) is 0 Å². The van der Waals surface area contributed by atoms with Crippen LogP contribution in [0, 0.1) is 11.6 Å². The quantitative estimate of drug-likeness (QED) is 0.888. The van der Waals surface area contributed by atoms with E-state index in [9.17, 15) is 18.7 Å². The predicted octanol–water partition coefficient (Wildman–Crippen LogP) is 3.31. The molecule has 0 saturated heterocycles. The molecule has 2 aromatic carbocycles. The monoisotopic (exact) mass is 321 g/mol. The molecule has 1 amide bonds. The fraction of sp³-hybridized carbons (Fsp3) is 0.235. The van der Waals surface area contributed by atoms with E-state index in [-0.39, 0.29) is 6.61 Å². The van der Waals surface area contributed by atoms with Crippen molar-refractivity contribution in [3.05, 3.63) is 71.3 Å². The number of benzene rings is 2. The smallest absolute Gasteiger partial charge is 0.407 e. The summed E-state index contributed by atoms with van der Waals surface area (Å²) in [5.74, 6) is -1.74. The Morgan fingerprint density at radius 3 is 2.35 bits per heavy atom. The van der Waals surface area contributed by atoms with Crippen molar-refractivity contribution in [2.45, 2.75) is 25.7 Å². The number of nitrogens with one attached hydrogen (secondary N) is 1. The van der Waals surface area contributed by atoms with Crippen molar-refractivity contribution < 1.29 is 23.4 Å². The lowest BCUT2D eigenvalue weighted by Gasteiger charge is -2.21. The average Bonchev–Trinajstić information content (AvgIpc) is 2.53. The van der Waals surface area contributed by atoms with E-state index in [0.717, 1.165) is 17.7 Å². The molecule has 0 spiro atoms. The van der Waals surface area contributed by atoms with Gasteiger partial charge in [0.15, 0.2) is 0 Å². The summed E-state index contributed by atoms with van der Waals surface area (Å²) >= 11 is 0. The number of rotatable bonds is 5. The summed E-state index contributed by atoms with van der Waals surface area (Å²) in [6, 6.07) is 11.4. The molecule has 0 aromatic heterocycles. The Bertz CT molecular complexity index is 644. The Morgan fingerprint density at radius 1 is 1.13 bits per heavy atom. The van der Waals surface area contributed by atoms with Crippen molar-refractivity contribution in [3.63, 3.8) is 0 Å². The van der Waals surface area contributed by atoms with Crippen molar-refractivity contribution in [2.24, 2.45) is 0 Å². The number of amides is 1. The van der Waals surface area contributed by atoms with Crippen LogP contribution in [-0.4, -0.2) is 17.2 Å². The lowest BCUT2D eigenvalue weighted by atomic mass is 10.0. The van der Waals surface area contributed by atoms with Crippen LogP contribution < -0.4 is 5.32 Å². The molecule has 2 aromatic rings. The van der Waals surface area contributed by atoms with Gasteiger partial charge in [-0.1, -0.05) is 36.4 Å². The second kappa shape index (κ2) is 7.69. The summed E-state index contributed by atoms with van der Waals surface area (Å²) in [7, 11) is 0. The fourth-order valence-electron chi connectivity index (χ4n) is 2.07. The van der Waals surface area contributed by atoms with Gasteiger partial charge in [0, 0.05) is 0 Å². The Kier molecular flexibility index (Phi) is 5.65. The van der Waals surface area contributed by atoms with Crippen LogP contribution in [0.2, 0.25) is 0 Å². The summed E-state index contributed by atoms with van der Waals surface area (Å²) < 4.78 is 32.2. The summed E-state index contributed by atoms with van der Waals surface area (Å²) in [6.07, 6.45) is -2.31. The van der Waals surface area contributed by atoms with E-state index >= 15 is 0 Å². The molecular weight excluding hydrogens is 304 g/mol. The highest BCUT2D eigenvalue weighted by Crippen LogP contribution is 2.23. The number of carbonyl (C=O) groups is 1. The van der Waals surface area contributed by atoms with Gasteiger partial charge in [-0.05, 0) is 24.6 Å². The summed E-state index contributed by atoms with van der Waals surface area (Å²) in [5, 5.41) is 12.4. The normalized spacial score (nSPS) is 13.2. The number of aliphatic hydroxyl groups is 1. The number of alkyl carbamates (subject to hydrolysis) is 1. The Balaban J connectivity index is 1.93. The minimum Gasteiger partial charge on any atom is -0.445 e. The van der Waals surface area contributed by atoms with Crippen molar-refractivity contribution in [1.29, 1.82) is 0 Å². The molecule has 0 heterocycles. The van der Waals surface area contributed by atoms with Gasteiger partial charge in [0.25, 0.3) is 0 Å². The van der Waals surface area contributed by atoms with E-state index < -0.39 is 35.4 Å². The molecule has 0 aliphatic heterocycles. The number of hydrogen-bond donors (Lipinski definition) is 2. The van der Waals surface area contributed by atoms with Crippen LogP contribution in [-0.2, 0) is 11.3 Å². The first-order chi connectivity index (χ1) is 11.0. The first-order valence-electron chi connectivity index (χ1n) is 7.08. The third-order valence-corrected chi connectivity index (χ3v) is 3.33. The number of ether oxygens (including phenoxy) is 1. The number of hydrogen-bond acceptors (Lipinski definition) is 3. The van der Waals surface area contributed by atoms with Crippen molar-refractivity contribution >= 4 is 6.09 Å². The minimum absolute atomic E-state index is 0.0591. The van der Waals surface area contributed by atoms with Crippen LogP contribution >= 0.6 is 0 Å². The molecular formula is C17H17F2NO3. The van der Waals surface area contributed by atoms with Gasteiger partial charge in [0.2, 0.25) is 0 Å². The molecule has 6 heteroatoms. The van der Waals surface area contributed by atoms with E-state index in [0.29, 0.717) is 0 Å². The Hall–Kier alpha value is -2.47. The molecule has 2 N–H and O–H groups in total. The summed E-state index contributed by atoms with van der Waals surface area (Å²) in [4.78, 5) is 11.7. The molecule has 4 nitrogen and oxygen atoms in total. The van der Waals surface area contributed by atoms with Crippen molar-refractivity contribution in [2.75, 3.05) is 0 Å². The van der Waals surface area contributed by atoms with Gasteiger partial charge in [0.05, 0.1) is 11.6 Å². The highest BCUT2D eigenvalue weighted by atomic mass is 19.1. The first kappa shape index (κ1) is 16.9. The number of aliphatic hydroxyl groups excluding tert-OH is 1. The predicted molar refractivity (Wildman–Crippen MR) is 80.5 cm³/mol. The average molecular weight is 321 g/mol. The molecule has 0 saturated carbocycles. The zero-order chi connectivity index (χ0) is 16.8. The topological polar surface area (TPSA) is 58.6 Å². The van der Waals surface area contributed by atoms with Crippen LogP contribution in [0.4, 0.5) is 13.6 Å². The van der Waals surface area contributed by atoms with Crippen LogP contribution in [0.3, 0.4) is 0 Å². The van der Waals surface area contributed by atoms with Crippen molar-refractivity contribution in [1.82, 2.24) is 5.32 Å². The molecule has 0 aliphatic carbocycles. The molecule has 2 atom stereocenters. The zero-order valence-corrected chi connectivity index (χ0v) is 12.5. The van der Waals surface area contributed by atoms with Gasteiger partial charge in [-0.2, -0.15) is 0 Å². The van der Waals surface area contributed by atoms with E-state index in [1.807, 2.05) is 18.2 Å². The number of halogens is 2. The maximum absolute atomic E-state index is 13.6. The minimum atomic E-state index is -1.53. The lowest BCUT2D eigenvalue weighted by Crippen LogP contribution is -2.38. The SMILES string of the molecule is CC(NC(=O)OCc1ccccc1)C(O)c1c(F)cccc1F. The Labute approximate surface area is 132 Å². The van der Waals surface area contributed by atoms with Gasteiger partial charge in [-0.15, -0.1) is 0 Å². The molecule has 0 fully saturated rings. The lowest BCUT2D eigenvalue weighted by molar-refractivity contribution is 0.102. The largest absolute Gasteiger partial charge is 0.445 e. The Morgan fingerprint density at radius 2 is 1.74 bits per heavy atom. The van der Waals surface area contributed by atoms with Gasteiger partial charge in [0.1, 0.15) is 24.3 Å². The highest BCUT2D eigenvalue weighted by Gasteiger charge is 2.25. The van der Waals surface area contributed by atoms with Gasteiger partial charge >= 0.3 is 6.09 Å². The third-order valence-electron chi connectivity index (χ3n) is 3.33. The van der Waals surface area contributed by atoms with Crippen molar-refractivity contribution in [3.8, 4) is 0 Å². The van der Waals surface area contributed by atoms with E-state index in [4.69, 9.17) is 4.74 Å². The zero-order valence-electron chi connectivity index (χ0n) is 12.5. The molecule has 23 heavy (non-hydrogen) atoms. The second-order valence-corrected chi connectivity index (χ2v) is 5.07. The summed E-state index contributed by atoms with van der Waals surface area (Å²) in [6.45, 7) is 1.49. The van der Waals surface area contributed by atoms with Gasteiger partial charge in [-0.25, -0.2) is 13.6 Å². The van der Waals surface area contributed by atoms with Gasteiger partial charge < -0.3 is 15.2 Å². The van der Waals surface area contributed by atoms with Crippen LogP contribution in [0.25, 0.3) is 0 Å². The maximum Gasteiger partial charge on any atom is 0.407 e. The molecule has 0 aliphatic rings. The van der Waals surface area contributed by atoms with Crippen LogP contribution in [0.1, 0.15) is 24.2 Å². The molecule has 2 unspecified atom stereocenters. The highest BCUT2D eigenvalue weighted by molar-refractivity contribution is 5.67. The molecule has 2 rings (SSSR count). The number of carbonyl (C=O) groups excluding carboxylic acids is 1. The van der Waals surface area contributed by atoms with E-state index in [2.05, 4.69) is 5.32 Å². The van der Waals surface area contributed by atoms with E-state index in [1.54, 1.807) is 12.1 Å². The van der Waals surface area contributed by atoms with Crippen LogP contribution in [0.15, 0.2) is 48.5 Å². The summed E-state index contributed by atoms with van der Waals surface area (Å²) in [5.41, 5.74) is 0.319. The fourth-order valence-corrected chi connectivity index (χ4v) is 2.07. The molecule has 0 radical (unpaired) electrons. The molecule has 0 bridgehead atoms. The van der Waals surface area contributed by atoms with Gasteiger partial charge in [-0.3, -0.25) is 0 Å². The first-order valence-corrected chi connectivity index (χ1v) is 7.08. The molecule has 122 valence electrons. The third kappa shape index (κ3) is 4.50. The van der Waals surface area contributed by atoms with E-state index in [1.165, 1.54) is 13.0 Å². The maximum atomic E-state index is 13.6.